The number of hydrogen-bond acceptors (Lipinski definition) is 3. The van der Waals surface area contributed by atoms with Crippen LogP contribution in [0.4, 0.5) is 5.69 Å². The predicted molar refractivity (Wildman–Crippen MR) is 63.6 cm³/mol. The highest BCUT2D eigenvalue weighted by atomic mass is 16.5. The molecule has 1 aromatic carbocycles. The molecule has 3 heteroatoms. The highest BCUT2D eigenvalue weighted by molar-refractivity contribution is 5.73. The molecule has 0 aromatic heterocycles. The highest BCUT2D eigenvalue weighted by Crippen LogP contribution is 2.23. The number of anilines is 1. The van der Waals surface area contributed by atoms with Gasteiger partial charge in [-0.05, 0) is 37.0 Å². The smallest absolute Gasteiger partial charge is 0.310 e. The Morgan fingerprint density at radius 2 is 2.38 bits per heavy atom. The van der Waals surface area contributed by atoms with E-state index in [1.54, 1.807) is 0 Å². The van der Waals surface area contributed by atoms with Gasteiger partial charge in [0.05, 0.1) is 13.0 Å². The summed E-state index contributed by atoms with van der Waals surface area (Å²) in [5.74, 6) is -0.147. The first-order valence-corrected chi connectivity index (χ1v) is 5.81. The van der Waals surface area contributed by atoms with Crippen molar-refractivity contribution in [1.82, 2.24) is 0 Å². The third kappa shape index (κ3) is 2.54. The van der Waals surface area contributed by atoms with Gasteiger partial charge < -0.3 is 10.1 Å². The van der Waals surface area contributed by atoms with Gasteiger partial charge in [0.25, 0.3) is 0 Å². The SMILES string of the molecule is CCOC(=O)Cc1ccc2c(c1)CCCN2. The molecule has 0 unspecified atom stereocenters. The summed E-state index contributed by atoms with van der Waals surface area (Å²) in [5, 5.41) is 3.35. The third-order valence-electron chi connectivity index (χ3n) is 2.76. The van der Waals surface area contributed by atoms with E-state index in [0.717, 1.165) is 24.9 Å². The van der Waals surface area contributed by atoms with Crippen LogP contribution in [0.15, 0.2) is 18.2 Å². The predicted octanol–water partition coefficient (Wildman–Crippen LogP) is 2.15. The molecule has 0 fully saturated rings. The lowest BCUT2D eigenvalue weighted by atomic mass is 10.00. The first-order valence-electron chi connectivity index (χ1n) is 5.81. The molecule has 0 bridgehead atoms. The molecule has 0 saturated carbocycles. The Labute approximate surface area is 95.8 Å². The van der Waals surface area contributed by atoms with Crippen molar-refractivity contribution in [3.63, 3.8) is 0 Å². The fourth-order valence-electron chi connectivity index (χ4n) is 2.02. The van der Waals surface area contributed by atoms with Gasteiger partial charge in [0.2, 0.25) is 0 Å². The van der Waals surface area contributed by atoms with Crippen molar-refractivity contribution in [1.29, 1.82) is 0 Å². The van der Waals surface area contributed by atoms with Gasteiger partial charge in [-0.3, -0.25) is 4.79 Å². The maximum absolute atomic E-state index is 11.3. The number of benzene rings is 1. The molecule has 0 aliphatic carbocycles. The lowest BCUT2D eigenvalue weighted by molar-refractivity contribution is -0.142. The van der Waals surface area contributed by atoms with E-state index in [1.165, 1.54) is 11.3 Å². The zero-order valence-electron chi connectivity index (χ0n) is 9.58. The van der Waals surface area contributed by atoms with Gasteiger partial charge in [0.1, 0.15) is 0 Å². The molecule has 86 valence electrons. The fraction of sp³-hybridized carbons (Fsp3) is 0.462. The average molecular weight is 219 g/mol. The summed E-state index contributed by atoms with van der Waals surface area (Å²) < 4.78 is 4.94. The van der Waals surface area contributed by atoms with Gasteiger partial charge >= 0.3 is 5.97 Å². The normalized spacial score (nSPS) is 13.8. The Bertz CT molecular complexity index is 388. The van der Waals surface area contributed by atoms with Crippen LogP contribution in [0.2, 0.25) is 0 Å². The lowest BCUT2D eigenvalue weighted by Gasteiger charge is -2.18. The van der Waals surface area contributed by atoms with Crippen LogP contribution in [0, 0.1) is 0 Å². The van der Waals surface area contributed by atoms with Crippen LogP contribution < -0.4 is 5.32 Å². The van der Waals surface area contributed by atoms with Gasteiger partial charge in [-0.2, -0.15) is 0 Å². The highest BCUT2D eigenvalue weighted by Gasteiger charge is 2.10. The second-order valence-electron chi connectivity index (χ2n) is 4.00. The molecule has 16 heavy (non-hydrogen) atoms. The summed E-state index contributed by atoms with van der Waals surface area (Å²) in [6.07, 6.45) is 2.63. The van der Waals surface area contributed by atoms with E-state index < -0.39 is 0 Å². The lowest BCUT2D eigenvalue weighted by Crippen LogP contribution is -2.13. The summed E-state index contributed by atoms with van der Waals surface area (Å²) in [7, 11) is 0. The van der Waals surface area contributed by atoms with E-state index in [4.69, 9.17) is 4.74 Å². The minimum atomic E-state index is -0.147. The Kier molecular flexibility index (Phi) is 3.44. The van der Waals surface area contributed by atoms with Gasteiger partial charge in [-0.1, -0.05) is 12.1 Å². The molecule has 0 saturated heterocycles. The largest absolute Gasteiger partial charge is 0.466 e. The number of rotatable bonds is 3. The third-order valence-corrected chi connectivity index (χ3v) is 2.76. The molecule has 1 aliphatic heterocycles. The number of nitrogens with one attached hydrogen (secondary N) is 1. The second-order valence-corrected chi connectivity index (χ2v) is 4.00. The Morgan fingerprint density at radius 1 is 1.50 bits per heavy atom. The monoisotopic (exact) mass is 219 g/mol. The summed E-state index contributed by atoms with van der Waals surface area (Å²) >= 11 is 0. The standard InChI is InChI=1S/C13H17NO2/c1-2-16-13(15)9-10-5-6-12-11(8-10)4-3-7-14-12/h5-6,8,14H,2-4,7,9H2,1H3. The first-order chi connectivity index (χ1) is 7.79. The molecular weight excluding hydrogens is 202 g/mol. The van der Waals surface area contributed by atoms with Crippen LogP contribution >= 0.6 is 0 Å². The number of carbonyl (C=O) groups excluding carboxylic acids is 1. The minimum absolute atomic E-state index is 0.147. The van der Waals surface area contributed by atoms with Gasteiger partial charge in [-0.25, -0.2) is 0 Å². The molecular formula is C13H17NO2. The van der Waals surface area contributed by atoms with Crippen LogP contribution in [-0.2, 0) is 22.4 Å². The van der Waals surface area contributed by atoms with Gasteiger partial charge in [-0.15, -0.1) is 0 Å². The van der Waals surface area contributed by atoms with Crippen LogP contribution in [0.1, 0.15) is 24.5 Å². The minimum Gasteiger partial charge on any atom is -0.466 e. The number of fused-ring (bicyclic) bond motifs is 1. The topological polar surface area (TPSA) is 38.3 Å². The molecule has 1 N–H and O–H groups in total. The zero-order valence-corrected chi connectivity index (χ0v) is 9.58. The van der Waals surface area contributed by atoms with Crippen LogP contribution in [-0.4, -0.2) is 19.1 Å². The average Bonchev–Trinajstić information content (AvgIpc) is 2.29. The molecule has 0 atom stereocenters. The van der Waals surface area contributed by atoms with Crippen molar-refractivity contribution < 1.29 is 9.53 Å². The molecule has 0 radical (unpaired) electrons. The van der Waals surface area contributed by atoms with E-state index in [9.17, 15) is 4.79 Å². The number of hydrogen-bond donors (Lipinski definition) is 1. The van der Waals surface area contributed by atoms with E-state index >= 15 is 0 Å². The van der Waals surface area contributed by atoms with Crippen molar-refractivity contribution in [2.45, 2.75) is 26.2 Å². The van der Waals surface area contributed by atoms with Crippen molar-refractivity contribution in [3.8, 4) is 0 Å². The quantitative estimate of drug-likeness (QED) is 0.792. The molecule has 3 nitrogen and oxygen atoms in total. The maximum Gasteiger partial charge on any atom is 0.310 e. The van der Waals surface area contributed by atoms with Gasteiger partial charge in [0.15, 0.2) is 0 Å². The molecule has 0 spiro atoms. The zero-order chi connectivity index (χ0) is 11.4. The number of aryl methyl sites for hydroxylation is 1. The van der Waals surface area contributed by atoms with E-state index in [-0.39, 0.29) is 5.97 Å². The first kappa shape index (κ1) is 11.0. The molecule has 1 aromatic rings. The van der Waals surface area contributed by atoms with Crippen molar-refractivity contribution in [2.24, 2.45) is 0 Å². The maximum atomic E-state index is 11.3. The Balaban J connectivity index is 2.08. The van der Waals surface area contributed by atoms with Crippen LogP contribution in [0.3, 0.4) is 0 Å². The Hall–Kier alpha value is -1.51. The molecule has 0 amide bonds. The Morgan fingerprint density at radius 3 is 3.19 bits per heavy atom. The summed E-state index contributed by atoms with van der Waals surface area (Å²) in [5.41, 5.74) is 3.56. The summed E-state index contributed by atoms with van der Waals surface area (Å²) in [6.45, 7) is 3.32. The molecule has 1 aliphatic rings. The summed E-state index contributed by atoms with van der Waals surface area (Å²) in [4.78, 5) is 11.3. The van der Waals surface area contributed by atoms with E-state index in [2.05, 4.69) is 17.4 Å². The summed E-state index contributed by atoms with van der Waals surface area (Å²) in [6, 6.07) is 6.16. The fourth-order valence-corrected chi connectivity index (χ4v) is 2.02. The van der Waals surface area contributed by atoms with Crippen molar-refractivity contribution >= 4 is 11.7 Å². The second kappa shape index (κ2) is 5.01. The van der Waals surface area contributed by atoms with Crippen molar-refractivity contribution in [3.05, 3.63) is 29.3 Å². The number of ether oxygens (including phenoxy) is 1. The van der Waals surface area contributed by atoms with Crippen LogP contribution in [0.25, 0.3) is 0 Å². The molecule has 1 heterocycles. The number of esters is 1. The van der Waals surface area contributed by atoms with Crippen molar-refractivity contribution in [2.75, 3.05) is 18.5 Å². The molecule has 2 rings (SSSR count). The van der Waals surface area contributed by atoms with E-state index in [0.29, 0.717) is 13.0 Å². The van der Waals surface area contributed by atoms with Gasteiger partial charge in [0, 0.05) is 12.2 Å². The number of carbonyl (C=O) groups is 1. The van der Waals surface area contributed by atoms with Crippen LogP contribution in [0.5, 0.6) is 0 Å². The van der Waals surface area contributed by atoms with E-state index in [1.807, 2.05) is 13.0 Å².